The largest absolute Gasteiger partial charge is 0.495 e. The van der Waals surface area contributed by atoms with E-state index in [1.807, 2.05) is 49.4 Å². The summed E-state index contributed by atoms with van der Waals surface area (Å²) in [7, 11) is 1.71. The van der Waals surface area contributed by atoms with Crippen molar-refractivity contribution >= 4 is 35.2 Å². The molecule has 1 N–H and O–H groups in total. The Balaban J connectivity index is 1.47. The molecular weight excluding hydrogens is 488 g/mol. The number of carbonyl (C=O) groups is 1. The van der Waals surface area contributed by atoms with E-state index < -0.39 is 0 Å². The van der Waals surface area contributed by atoms with E-state index in [4.69, 9.17) is 16.3 Å². The van der Waals surface area contributed by atoms with Crippen molar-refractivity contribution in [2.24, 2.45) is 0 Å². The lowest BCUT2D eigenvalue weighted by Crippen LogP contribution is -2.46. The quantitative estimate of drug-likeness (QED) is 0.330. The molecule has 1 aliphatic heterocycles. The number of carbonyl (C=O) groups excluding carboxylic acids is 1. The monoisotopic (exact) mass is 516 g/mol. The molecule has 0 radical (unpaired) electrons. The van der Waals surface area contributed by atoms with E-state index >= 15 is 0 Å². The number of aromatic nitrogens is 3. The van der Waals surface area contributed by atoms with E-state index in [2.05, 4.69) is 30.8 Å². The summed E-state index contributed by atoms with van der Waals surface area (Å²) in [4.78, 5) is 30.8. The first-order valence-corrected chi connectivity index (χ1v) is 12.5. The molecule has 37 heavy (non-hydrogen) atoms. The maximum atomic E-state index is 12.3. The molecule has 1 fully saturated rings. The number of piperazine rings is 1. The summed E-state index contributed by atoms with van der Waals surface area (Å²) < 4.78 is 5.57. The number of aromatic amines is 1. The number of benzene rings is 2. The Morgan fingerprint density at radius 1 is 1.08 bits per heavy atom. The summed E-state index contributed by atoms with van der Waals surface area (Å²) in [6, 6.07) is 15.9. The minimum absolute atomic E-state index is 0.476. The van der Waals surface area contributed by atoms with Crippen molar-refractivity contribution in [1.82, 2.24) is 19.9 Å². The SMILES string of the molecule is COc1ccccc1N1CCN(Cc2c(-c3ccc(Cl)cc3)[nH]c(C)c2N(C=O)c2cnccn2)CC1. The summed E-state index contributed by atoms with van der Waals surface area (Å²) in [5, 5.41) is 0.676. The van der Waals surface area contributed by atoms with Gasteiger partial charge in [-0.15, -0.1) is 0 Å². The molecule has 5 rings (SSSR count). The summed E-state index contributed by atoms with van der Waals surface area (Å²) in [5.41, 5.74) is 5.79. The highest BCUT2D eigenvalue weighted by Gasteiger charge is 2.27. The van der Waals surface area contributed by atoms with Crippen LogP contribution in [0, 0.1) is 6.92 Å². The maximum Gasteiger partial charge on any atom is 0.220 e. The number of nitrogens with zero attached hydrogens (tertiary/aromatic N) is 5. The Morgan fingerprint density at radius 3 is 2.51 bits per heavy atom. The van der Waals surface area contributed by atoms with E-state index in [1.54, 1.807) is 30.6 Å². The zero-order chi connectivity index (χ0) is 25.8. The molecule has 0 unspecified atom stereocenters. The van der Waals surface area contributed by atoms with Crippen LogP contribution in [-0.2, 0) is 11.3 Å². The number of aryl methyl sites for hydroxylation is 1. The highest BCUT2D eigenvalue weighted by Crippen LogP contribution is 2.38. The summed E-state index contributed by atoms with van der Waals surface area (Å²) in [5.74, 6) is 1.36. The van der Waals surface area contributed by atoms with Gasteiger partial charge in [-0.1, -0.05) is 35.9 Å². The first-order chi connectivity index (χ1) is 18.1. The topological polar surface area (TPSA) is 77.6 Å². The molecule has 8 nitrogen and oxygen atoms in total. The molecule has 1 aliphatic rings. The Bertz CT molecular complexity index is 1350. The number of nitrogens with one attached hydrogen (secondary N) is 1. The van der Waals surface area contributed by atoms with Crippen molar-refractivity contribution in [3.05, 3.63) is 83.4 Å². The zero-order valence-electron chi connectivity index (χ0n) is 20.9. The third kappa shape index (κ3) is 5.16. The lowest BCUT2D eigenvalue weighted by atomic mass is 10.1. The van der Waals surface area contributed by atoms with Crippen molar-refractivity contribution in [3.8, 4) is 17.0 Å². The molecule has 0 saturated carbocycles. The van der Waals surface area contributed by atoms with Gasteiger partial charge in [0.2, 0.25) is 6.41 Å². The molecule has 1 saturated heterocycles. The Morgan fingerprint density at radius 2 is 1.84 bits per heavy atom. The van der Waals surface area contributed by atoms with Crippen LogP contribution in [0.2, 0.25) is 5.02 Å². The van der Waals surface area contributed by atoms with Gasteiger partial charge in [0.05, 0.1) is 30.4 Å². The number of H-pyrrole nitrogens is 1. The number of rotatable bonds is 8. The van der Waals surface area contributed by atoms with Gasteiger partial charge in [0.15, 0.2) is 5.82 Å². The number of anilines is 3. The van der Waals surface area contributed by atoms with E-state index in [9.17, 15) is 4.79 Å². The van der Waals surface area contributed by atoms with Gasteiger partial charge in [-0.25, -0.2) is 4.98 Å². The smallest absolute Gasteiger partial charge is 0.220 e. The van der Waals surface area contributed by atoms with Gasteiger partial charge in [0.1, 0.15) is 5.75 Å². The van der Waals surface area contributed by atoms with E-state index in [0.717, 1.165) is 72.2 Å². The van der Waals surface area contributed by atoms with Crippen molar-refractivity contribution in [1.29, 1.82) is 0 Å². The van der Waals surface area contributed by atoms with Gasteiger partial charge in [-0.05, 0) is 36.8 Å². The zero-order valence-corrected chi connectivity index (χ0v) is 21.7. The van der Waals surface area contributed by atoms with Crippen LogP contribution in [-0.4, -0.2) is 59.6 Å². The first kappa shape index (κ1) is 24.8. The number of methoxy groups -OCH3 is 1. The lowest BCUT2D eigenvalue weighted by Gasteiger charge is -2.37. The van der Waals surface area contributed by atoms with E-state index in [0.29, 0.717) is 17.4 Å². The highest BCUT2D eigenvalue weighted by atomic mass is 35.5. The van der Waals surface area contributed by atoms with Gasteiger partial charge in [-0.2, -0.15) is 0 Å². The Hall–Kier alpha value is -3.88. The molecule has 2 aromatic carbocycles. The van der Waals surface area contributed by atoms with Crippen LogP contribution in [0.4, 0.5) is 17.2 Å². The van der Waals surface area contributed by atoms with Crippen LogP contribution in [0.15, 0.2) is 67.1 Å². The van der Waals surface area contributed by atoms with Gasteiger partial charge >= 0.3 is 0 Å². The molecule has 4 aromatic rings. The van der Waals surface area contributed by atoms with Crippen molar-refractivity contribution in [2.75, 3.05) is 43.1 Å². The standard InChI is InChI=1S/C28H29ClN6O2/c1-20-28(35(19-36)26-17-30-11-12-31-26)23(27(32-20)21-7-9-22(29)10-8-21)18-33-13-15-34(16-14-33)24-5-3-4-6-25(24)37-2/h3-12,17,19,32H,13-16,18H2,1-2H3. The summed E-state index contributed by atoms with van der Waals surface area (Å²) in [6.07, 6.45) is 5.58. The van der Waals surface area contributed by atoms with Crippen molar-refractivity contribution in [3.63, 3.8) is 0 Å². The van der Waals surface area contributed by atoms with Gasteiger partial charge < -0.3 is 14.6 Å². The number of amides is 1. The Labute approximate surface area is 221 Å². The summed E-state index contributed by atoms with van der Waals surface area (Å²) in [6.45, 7) is 6.13. The third-order valence-electron chi connectivity index (χ3n) is 6.71. The van der Waals surface area contributed by atoms with E-state index in [1.165, 1.54) is 0 Å². The number of para-hydroxylation sites is 2. The van der Waals surface area contributed by atoms with Crippen LogP contribution in [0.5, 0.6) is 5.75 Å². The van der Waals surface area contributed by atoms with Crippen LogP contribution < -0.4 is 14.5 Å². The van der Waals surface area contributed by atoms with Crippen LogP contribution in [0.25, 0.3) is 11.3 Å². The van der Waals surface area contributed by atoms with Crippen molar-refractivity contribution in [2.45, 2.75) is 13.5 Å². The Kier molecular flexibility index (Phi) is 7.39. The molecule has 3 heterocycles. The fourth-order valence-corrected chi connectivity index (χ4v) is 5.03. The second-order valence-corrected chi connectivity index (χ2v) is 9.37. The molecular formula is C28H29ClN6O2. The number of hydrogen-bond donors (Lipinski definition) is 1. The summed E-state index contributed by atoms with van der Waals surface area (Å²) >= 11 is 6.17. The molecule has 9 heteroatoms. The lowest BCUT2D eigenvalue weighted by molar-refractivity contribution is -0.106. The molecule has 0 aliphatic carbocycles. The van der Waals surface area contributed by atoms with Crippen molar-refractivity contribution < 1.29 is 9.53 Å². The molecule has 1 amide bonds. The fraction of sp³-hybridized carbons (Fsp3) is 0.250. The van der Waals surface area contributed by atoms with E-state index in [-0.39, 0.29) is 0 Å². The number of hydrogen-bond acceptors (Lipinski definition) is 6. The minimum atomic E-state index is 0.476. The third-order valence-corrected chi connectivity index (χ3v) is 6.96. The van der Waals surface area contributed by atoms with Gasteiger partial charge in [0, 0.05) is 61.4 Å². The molecule has 190 valence electrons. The van der Waals surface area contributed by atoms with Crippen LogP contribution in [0.1, 0.15) is 11.3 Å². The predicted molar refractivity (Wildman–Crippen MR) is 147 cm³/mol. The average Bonchev–Trinajstić information content (AvgIpc) is 3.26. The van der Waals surface area contributed by atoms with Gasteiger partial charge in [-0.3, -0.25) is 19.6 Å². The molecule has 0 atom stereocenters. The predicted octanol–water partition coefficient (Wildman–Crippen LogP) is 5.06. The fourth-order valence-electron chi connectivity index (χ4n) is 4.91. The van der Waals surface area contributed by atoms with Crippen LogP contribution in [0.3, 0.4) is 0 Å². The second-order valence-electron chi connectivity index (χ2n) is 8.93. The molecule has 0 bridgehead atoms. The average molecular weight is 517 g/mol. The molecule has 0 spiro atoms. The maximum absolute atomic E-state index is 12.3. The number of halogens is 1. The molecule has 2 aromatic heterocycles. The normalized spacial score (nSPS) is 14.0. The minimum Gasteiger partial charge on any atom is -0.495 e. The van der Waals surface area contributed by atoms with Gasteiger partial charge in [0.25, 0.3) is 0 Å². The second kappa shape index (κ2) is 11.0. The highest BCUT2D eigenvalue weighted by molar-refractivity contribution is 6.30. The first-order valence-electron chi connectivity index (χ1n) is 12.2. The van der Waals surface area contributed by atoms with Crippen LogP contribution >= 0.6 is 11.6 Å². The number of ether oxygens (including phenoxy) is 1.